The highest BCUT2D eigenvalue weighted by Gasteiger charge is 2.15. The maximum atomic E-state index is 11.6. The van der Waals surface area contributed by atoms with Crippen molar-refractivity contribution in [2.24, 2.45) is 5.92 Å². The molecule has 1 aliphatic heterocycles. The number of hydrogen-bond donors (Lipinski definition) is 1. The van der Waals surface area contributed by atoms with Gasteiger partial charge in [-0.05, 0) is 19.0 Å². The smallest absolute Gasteiger partial charge is 0.273 e. The average Bonchev–Trinajstić information content (AvgIpc) is 2.89. The van der Waals surface area contributed by atoms with E-state index in [1.807, 2.05) is 0 Å². The third kappa shape index (κ3) is 3.16. The van der Waals surface area contributed by atoms with E-state index >= 15 is 0 Å². The maximum absolute atomic E-state index is 11.6. The SMILES string of the molecule is CN(C)C(=O)c1ccc(OCC2CCNC2)nn1. The Morgan fingerprint density at radius 2 is 2.33 bits per heavy atom. The molecule has 0 spiro atoms. The van der Waals surface area contributed by atoms with Gasteiger partial charge in [0.05, 0.1) is 6.61 Å². The highest BCUT2D eigenvalue weighted by molar-refractivity contribution is 5.91. The molecule has 1 aromatic rings. The van der Waals surface area contributed by atoms with E-state index in [0.717, 1.165) is 19.5 Å². The Balaban J connectivity index is 1.89. The zero-order chi connectivity index (χ0) is 13.0. The molecule has 0 bridgehead atoms. The minimum Gasteiger partial charge on any atom is -0.476 e. The largest absolute Gasteiger partial charge is 0.476 e. The summed E-state index contributed by atoms with van der Waals surface area (Å²) in [5.41, 5.74) is 0.329. The number of carbonyl (C=O) groups excluding carboxylic acids is 1. The highest BCUT2D eigenvalue weighted by Crippen LogP contribution is 2.11. The summed E-state index contributed by atoms with van der Waals surface area (Å²) in [6.45, 7) is 2.68. The van der Waals surface area contributed by atoms with Gasteiger partial charge in [0.2, 0.25) is 5.88 Å². The van der Waals surface area contributed by atoms with E-state index in [1.54, 1.807) is 26.2 Å². The number of hydrogen-bond acceptors (Lipinski definition) is 5. The Kier molecular flexibility index (Phi) is 4.09. The summed E-state index contributed by atoms with van der Waals surface area (Å²) in [5.74, 6) is 0.848. The van der Waals surface area contributed by atoms with Gasteiger partial charge < -0.3 is 15.0 Å². The van der Waals surface area contributed by atoms with Crippen molar-refractivity contribution in [3.63, 3.8) is 0 Å². The van der Waals surface area contributed by atoms with Crippen LogP contribution < -0.4 is 10.1 Å². The molecule has 1 fully saturated rings. The second-order valence-corrected chi connectivity index (χ2v) is 4.63. The molecule has 0 radical (unpaired) electrons. The average molecular weight is 250 g/mol. The second-order valence-electron chi connectivity index (χ2n) is 4.63. The molecule has 0 saturated carbocycles. The van der Waals surface area contributed by atoms with Gasteiger partial charge in [-0.15, -0.1) is 10.2 Å². The Labute approximate surface area is 106 Å². The van der Waals surface area contributed by atoms with Gasteiger partial charge in [0.1, 0.15) is 0 Å². The number of nitrogens with one attached hydrogen (secondary N) is 1. The lowest BCUT2D eigenvalue weighted by atomic mass is 10.1. The number of ether oxygens (including phenoxy) is 1. The fraction of sp³-hybridized carbons (Fsp3) is 0.583. The van der Waals surface area contributed by atoms with Crippen molar-refractivity contribution in [3.8, 4) is 5.88 Å². The quantitative estimate of drug-likeness (QED) is 0.825. The lowest BCUT2D eigenvalue weighted by Gasteiger charge is -2.11. The zero-order valence-electron chi connectivity index (χ0n) is 10.7. The van der Waals surface area contributed by atoms with Gasteiger partial charge in [-0.1, -0.05) is 0 Å². The molecule has 6 heteroatoms. The minimum atomic E-state index is -0.158. The lowest BCUT2D eigenvalue weighted by molar-refractivity contribution is 0.0820. The first-order valence-electron chi connectivity index (χ1n) is 6.05. The molecule has 2 heterocycles. The number of amides is 1. The van der Waals surface area contributed by atoms with Crippen LogP contribution in [0.15, 0.2) is 12.1 Å². The molecule has 1 aromatic heterocycles. The van der Waals surface area contributed by atoms with Crippen LogP contribution in [0, 0.1) is 5.92 Å². The van der Waals surface area contributed by atoms with Gasteiger partial charge in [-0.25, -0.2) is 0 Å². The summed E-state index contributed by atoms with van der Waals surface area (Å²) in [6.07, 6.45) is 1.13. The maximum Gasteiger partial charge on any atom is 0.273 e. The Hall–Kier alpha value is -1.69. The number of aromatic nitrogens is 2. The van der Waals surface area contributed by atoms with Crippen molar-refractivity contribution in [2.45, 2.75) is 6.42 Å². The first-order valence-corrected chi connectivity index (χ1v) is 6.05. The van der Waals surface area contributed by atoms with Crippen molar-refractivity contribution >= 4 is 5.91 Å². The van der Waals surface area contributed by atoms with E-state index in [1.165, 1.54) is 4.90 Å². The Morgan fingerprint density at radius 1 is 1.50 bits per heavy atom. The fourth-order valence-corrected chi connectivity index (χ4v) is 1.80. The van der Waals surface area contributed by atoms with E-state index in [4.69, 9.17) is 4.74 Å². The van der Waals surface area contributed by atoms with Crippen molar-refractivity contribution in [1.82, 2.24) is 20.4 Å². The summed E-state index contributed by atoms with van der Waals surface area (Å²) < 4.78 is 5.55. The summed E-state index contributed by atoms with van der Waals surface area (Å²) in [4.78, 5) is 13.1. The third-order valence-corrected chi connectivity index (χ3v) is 2.89. The van der Waals surface area contributed by atoms with E-state index in [2.05, 4.69) is 15.5 Å². The van der Waals surface area contributed by atoms with Crippen LogP contribution in [0.5, 0.6) is 5.88 Å². The molecule has 2 rings (SSSR count). The second kappa shape index (κ2) is 5.77. The predicted octanol–water partition coefficient (Wildman–Crippen LogP) is 0.167. The van der Waals surface area contributed by atoms with E-state index in [9.17, 15) is 4.79 Å². The normalized spacial score (nSPS) is 18.7. The molecule has 1 saturated heterocycles. The fourth-order valence-electron chi connectivity index (χ4n) is 1.80. The van der Waals surface area contributed by atoms with Gasteiger partial charge in [-0.3, -0.25) is 4.79 Å². The zero-order valence-corrected chi connectivity index (χ0v) is 10.7. The molecular weight excluding hydrogens is 232 g/mol. The standard InChI is InChI=1S/C12H18N4O2/c1-16(2)12(17)10-3-4-11(15-14-10)18-8-9-5-6-13-7-9/h3-4,9,13H,5-8H2,1-2H3. The molecule has 1 unspecified atom stereocenters. The van der Waals surface area contributed by atoms with Crippen molar-refractivity contribution in [1.29, 1.82) is 0 Å². The van der Waals surface area contributed by atoms with Crippen molar-refractivity contribution in [2.75, 3.05) is 33.8 Å². The number of rotatable bonds is 4. The monoisotopic (exact) mass is 250 g/mol. The predicted molar refractivity (Wildman–Crippen MR) is 66.5 cm³/mol. The molecule has 1 N–H and O–H groups in total. The van der Waals surface area contributed by atoms with Crippen LogP contribution in [0.4, 0.5) is 0 Å². The molecule has 6 nitrogen and oxygen atoms in total. The summed E-state index contributed by atoms with van der Waals surface area (Å²) >= 11 is 0. The van der Waals surface area contributed by atoms with E-state index < -0.39 is 0 Å². The molecule has 0 aromatic carbocycles. The summed E-state index contributed by atoms with van der Waals surface area (Å²) in [6, 6.07) is 3.32. The third-order valence-electron chi connectivity index (χ3n) is 2.89. The molecule has 1 aliphatic rings. The summed E-state index contributed by atoms with van der Waals surface area (Å²) in [7, 11) is 3.36. The van der Waals surface area contributed by atoms with Crippen molar-refractivity contribution in [3.05, 3.63) is 17.8 Å². The van der Waals surface area contributed by atoms with Crippen LogP contribution in [0.3, 0.4) is 0 Å². The van der Waals surface area contributed by atoms with Gasteiger partial charge in [-0.2, -0.15) is 0 Å². The molecule has 98 valence electrons. The van der Waals surface area contributed by atoms with Crippen molar-refractivity contribution < 1.29 is 9.53 Å². The van der Waals surface area contributed by atoms with Crippen LogP contribution in [0.25, 0.3) is 0 Å². The summed E-state index contributed by atoms with van der Waals surface area (Å²) in [5, 5.41) is 11.0. The molecule has 0 aliphatic carbocycles. The molecule has 1 atom stereocenters. The minimum absolute atomic E-state index is 0.158. The van der Waals surface area contributed by atoms with Crippen LogP contribution in [0.2, 0.25) is 0 Å². The van der Waals surface area contributed by atoms with Crippen LogP contribution >= 0.6 is 0 Å². The van der Waals surface area contributed by atoms with E-state index in [0.29, 0.717) is 24.1 Å². The van der Waals surface area contributed by atoms with Gasteiger partial charge in [0.15, 0.2) is 5.69 Å². The Bertz CT molecular complexity index is 399. The molecular formula is C12H18N4O2. The number of carbonyl (C=O) groups is 1. The van der Waals surface area contributed by atoms with E-state index in [-0.39, 0.29) is 5.91 Å². The van der Waals surface area contributed by atoms with Gasteiger partial charge >= 0.3 is 0 Å². The number of nitrogens with zero attached hydrogens (tertiary/aromatic N) is 3. The lowest BCUT2D eigenvalue weighted by Crippen LogP contribution is -2.23. The van der Waals surface area contributed by atoms with Crippen LogP contribution in [-0.2, 0) is 0 Å². The Morgan fingerprint density at radius 3 is 2.89 bits per heavy atom. The van der Waals surface area contributed by atoms with Gasteiger partial charge in [0.25, 0.3) is 5.91 Å². The first kappa shape index (κ1) is 12.8. The van der Waals surface area contributed by atoms with Crippen LogP contribution in [-0.4, -0.2) is 54.8 Å². The highest BCUT2D eigenvalue weighted by atomic mass is 16.5. The molecule has 1 amide bonds. The molecule has 18 heavy (non-hydrogen) atoms. The van der Waals surface area contributed by atoms with Crippen LogP contribution in [0.1, 0.15) is 16.9 Å². The topological polar surface area (TPSA) is 67.3 Å². The first-order chi connectivity index (χ1) is 8.66. The van der Waals surface area contributed by atoms with Gasteiger partial charge in [0, 0.05) is 32.6 Å².